The summed E-state index contributed by atoms with van der Waals surface area (Å²) < 4.78 is 40.5. The van der Waals surface area contributed by atoms with Gasteiger partial charge in [0.15, 0.2) is 0 Å². The highest BCUT2D eigenvalue weighted by atomic mass is 33.1. The Labute approximate surface area is 108 Å². The minimum absolute atomic E-state index is 0.0472. The molecular formula is C7H12N3O3PS3. The molecule has 0 bridgehead atoms. The van der Waals surface area contributed by atoms with Crippen LogP contribution in [0.5, 0.6) is 0 Å². The van der Waals surface area contributed by atoms with Crippen molar-refractivity contribution in [3.8, 4) is 0 Å². The molecule has 0 amide bonds. The van der Waals surface area contributed by atoms with Gasteiger partial charge in [-0.1, -0.05) is 18.2 Å². The molecule has 1 aromatic carbocycles. The molecule has 96 valence electrons. The van der Waals surface area contributed by atoms with E-state index in [2.05, 4.69) is 9.21 Å². The molecule has 0 radical (unpaired) electrons. The number of hydrogen-bond acceptors (Lipinski definition) is 7. The lowest BCUT2D eigenvalue weighted by Crippen LogP contribution is -2.20. The fraction of sp³-hybridized carbons (Fsp3) is 0.143. The smallest absolute Gasteiger partial charge is 0.279 e. The van der Waals surface area contributed by atoms with Crippen LogP contribution in [-0.2, 0) is 14.6 Å². The Kier molecular flexibility index (Phi) is 5.52. The summed E-state index contributed by atoms with van der Waals surface area (Å²) in [5.41, 5.74) is -3.33. The van der Waals surface area contributed by atoms with Gasteiger partial charge >= 0.3 is 0 Å². The molecule has 0 aliphatic carbocycles. The minimum atomic E-state index is -3.83. The van der Waals surface area contributed by atoms with E-state index in [4.69, 9.17) is 5.14 Å². The maximum absolute atomic E-state index is 12.0. The zero-order valence-electron chi connectivity index (χ0n) is 8.86. The number of nitrogens with two attached hydrogens (primary N) is 1. The van der Waals surface area contributed by atoms with Crippen molar-refractivity contribution in [2.24, 2.45) is 5.14 Å². The van der Waals surface area contributed by atoms with Gasteiger partial charge in [-0.15, -0.1) is 4.49 Å². The van der Waals surface area contributed by atoms with Crippen LogP contribution in [0, 0.1) is 0 Å². The van der Waals surface area contributed by atoms with Crippen LogP contribution in [0.1, 0.15) is 0 Å². The molecular weight excluding hydrogens is 301 g/mol. The van der Waals surface area contributed by atoms with Crippen molar-refractivity contribution in [1.29, 1.82) is 0 Å². The number of hydrogen-bond donors (Lipinski definition) is 3. The molecule has 0 spiro atoms. The Morgan fingerprint density at radius 2 is 1.88 bits per heavy atom. The number of sulfonamides is 1. The number of benzene rings is 1. The van der Waals surface area contributed by atoms with E-state index in [-0.39, 0.29) is 4.90 Å². The second-order valence-corrected chi connectivity index (χ2v) is 11.8. The van der Waals surface area contributed by atoms with Crippen LogP contribution >= 0.6 is 28.8 Å². The van der Waals surface area contributed by atoms with Gasteiger partial charge in [-0.3, -0.25) is 14.4 Å². The summed E-state index contributed by atoms with van der Waals surface area (Å²) in [6.45, 7) is 0. The van der Waals surface area contributed by atoms with Crippen LogP contribution in [-0.4, -0.2) is 15.5 Å². The fourth-order valence-corrected chi connectivity index (χ4v) is 8.10. The standard InChI is InChI=1S/C7H12N3O3PS3/c1-9-16-14(11,15-8)10-17(12,13)7-5-3-2-4-6-7/h2-6,9H,8H2,1H3,(H,10,11). The predicted molar refractivity (Wildman–Crippen MR) is 72.8 cm³/mol. The van der Waals surface area contributed by atoms with Gasteiger partial charge in [0, 0.05) is 23.1 Å². The highest BCUT2D eigenvalue weighted by Gasteiger charge is 2.29. The zero-order chi connectivity index (χ0) is 12.9. The van der Waals surface area contributed by atoms with Crippen molar-refractivity contribution < 1.29 is 13.0 Å². The molecule has 0 heterocycles. The summed E-state index contributed by atoms with van der Waals surface area (Å²) in [6, 6.07) is 7.69. The molecule has 1 atom stereocenters. The number of rotatable bonds is 6. The second-order valence-electron chi connectivity index (χ2n) is 2.81. The van der Waals surface area contributed by atoms with E-state index in [1.165, 1.54) is 19.2 Å². The molecule has 10 heteroatoms. The van der Waals surface area contributed by atoms with Gasteiger partial charge in [0.05, 0.1) is 4.90 Å². The summed E-state index contributed by atoms with van der Waals surface area (Å²) in [7, 11) is -2.29. The van der Waals surface area contributed by atoms with Gasteiger partial charge in [0.25, 0.3) is 5.70 Å². The van der Waals surface area contributed by atoms with Gasteiger partial charge < -0.3 is 0 Å². The topological polar surface area (TPSA) is 101 Å². The average Bonchev–Trinajstić information content (AvgIpc) is 2.30. The Balaban J connectivity index is 2.98. The largest absolute Gasteiger partial charge is 0.296 e. The summed E-state index contributed by atoms with van der Waals surface area (Å²) in [5, 5.41) is 5.24. The third-order valence-electron chi connectivity index (χ3n) is 1.64. The van der Waals surface area contributed by atoms with Crippen molar-refractivity contribution in [1.82, 2.24) is 9.21 Å². The third-order valence-corrected chi connectivity index (χ3v) is 9.97. The summed E-state index contributed by atoms with van der Waals surface area (Å²) in [4.78, 5) is 0.0472. The molecule has 1 aromatic rings. The van der Waals surface area contributed by atoms with Gasteiger partial charge in [-0.25, -0.2) is 8.42 Å². The lowest BCUT2D eigenvalue weighted by molar-refractivity contribution is 0.580. The summed E-state index contributed by atoms with van der Waals surface area (Å²) >= 11 is 1.24. The van der Waals surface area contributed by atoms with Crippen LogP contribution < -0.4 is 14.4 Å². The summed E-state index contributed by atoms with van der Waals surface area (Å²) in [6.07, 6.45) is 0. The molecule has 0 aromatic heterocycles. The Morgan fingerprint density at radius 1 is 1.29 bits per heavy atom. The van der Waals surface area contributed by atoms with Crippen molar-refractivity contribution in [2.45, 2.75) is 4.90 Å². The van der Waals surface area contributed by atoms with E-state index in [9.17, 15) is 13.0 Å². The first kappa shape index (κ1) is 15.0. The van der Waals surface area contributed by atoms with E-state index in [1.807, 2.05) is 0 Å². The first-order valence-corrected chi connectivity index (χ1v) is 10.5. The van der Waals surface area contributed by atoms with Crippen LogP contribution in [0.25, 0.3) is 0 Å². The first-order chi connectivity index (χ1) is 7.93. The zero-order valence-corrected chi connectivity index (χ0v) is 12.2. The average molecular weight is 313 g/mol. The maximum Gasteiger partial charge on any atom is 0.296 e. The van der Waals surface area contributed by atoms with Crippen LogP contribution in [0.3, 0.4) is 0 Å². The quantitative estimate of drug-likeness (QED) is 0.541. The van der Waals surface area contributed by atoms with Gasteiger partial charge in [-0.2, -0.15) is 0 Å². The Bertz CT molecular complexity index is 508. The van der Waals surface area contributed by atoms with E-state index in [1.54, 1.807) is 18.2 Å². The molecule has 1 unspecified atom stereocenters. The van der Waals surface area contributed by atoms with Gasteiger partial charge in [0.1, 0.15) is 0 Å². The lowest BCUT2D eigenvalue weighted by atomic mass is 10.4. The molecule has 6 nitrogen and oxygen atoms in total. The van der Waals surface area contributed by atoms with Crippen molar-refractivity contribution >= 4 is 38.9 Å². The monoisotopic (exact) mass is 313 g/mol. The molecule has 0 fully saturated rings. The lowest BCUT2D eigenvalue weighted by Gasteiger charge is -2.14. The van der Waals surface area contributed by atoms with Crippen molar-refractivity contribution in [2.75, 3.05) is 7.05 Å². The predicted octanol–water partition coefficient (Wildman–Crippen LogP) is 1.55. The Hall–Kier alpha value is -0.0200. The van der Waals surface area contributed by atoms with E-state index < -0.39 is 15.7 Å². The van der Waals surface area contributed by atoms with Crippen LogP contribution in [0.2, 0.25) is 0 Å². The van der Waals surface area contributed by atoms with E-state index in [0.717, 1.165) is 11.6 Å². The Morgan fingerprint density at radius 3 is 2.35 bits per heavy atom. The fourth-order valence-electron chi connectivity index (χ4n) is 0.981. The van der Waals surface area contributed by atoms with Gasteiger partial charge in [-0.05, 0) is 19.2 Å². The van der Waals surface area contributed by atoms with Crippen LogP contribution in [0.15, 0.2) is 35.2 Å². The van der Waals surface area contributed by atoms with Crippen molar-refractivity contribution in [3.63, 3.8) is 0 Å². The molecule has 0 aliphatic heterocycles. The highest BCUT2D eigenvalue weighted by Crippen LogP contribution is 2.62. The van der Waals surface area contributed by atoms with Crippen molar-refractivity contribution in [3.05, 3.63) is 30.3 Å². The summed E-state index contributed by atoms with van der Waals surface area (Å²) in [5.74, 6) is 0. The second kappa shape index (κ2) is 6.24. The van der Waals surface area contributed by atoms with E-state index >= 15 is 0 Å². The first-order valence-electron chi connectivity index (χ1n) is 4.36. The molecule has 4 N–H and O–H groups in total. The van der Waals surface area contributed by atoms with E-state index in [0.29, 0.717) is 11.6 Å². The number of nitrogens with one attached hydrogen (secondary N) is 2. The SMILES string of the molecule is CNSP(=O)(NS(=O)(=O)c1ccccc1)SN. The molecule has 0 saturated carbocycles. The molecule has 17 heavy (non-hydrogen) atoms. The third kappa shape index (κ3) is 4.29. The normalized spacial score (nSPS) is 15.4. The minimum Gasteiger partial charge on any atom is -0.279 e. The van der Waals surface area contributed by atoms with Gasteiger partial charge in [0.2, 0.25) is 10.0 Å². The molecule has 0 saturated heterocycles. The highest BCUT2D eigenvalue weighted by molar-refractivity contribution is 8.89. The molecule has 1 rings (SSSR count). The maximum atomic E-state index is 12.0. The van der Waals surface area contributed by atoms with Crippen LogP contribution in [0.4, 0.5) is 0 Å². The molecule has 0 aliphatic rings.